The highest BCUT2D eigenvalue weighted by molar-refractivity contribution is 6.74. The quantitative estimate of drug-likeness (QED) is 0.442. The highest BCUT2D eigenvalue weighted by Crippen LogP contribution is 2.51. The maximum absolute atomic E-state index is 12.6. The number of likely N-dealkylation sites (tertiary alicyclic amines) is 1. The summed E-state index contributed by atoms with van der Waals surface area (Å²) in [7, 11) is -0.386. The number of amides is 2. The lowest BCUT2D eigenvalue weighted by molar-refractivity contribution is -0.139. The summed E-state index contributed by atoms with van der Waals surface area (Å²) >= 11 is 0. The lowest BCUT2D eigenvalue weighted by atomic mass is 9.42. The number of fused-ring (bicyclic) bond motifs is 1. The van der Waals surface area contributed by atoms with Crippen LogP contribution >= 0.6 is 0 Å². The van der Waals surface area contributed by atoms with Crippen LogP contribution in [0.25, 0.3) is 0 Å². The Morgan fingerprint density at radius 3 is 2.26 bits per heavy atom. The van der Waals surface area contributed by atoms with Crippen molar-refractivity contribution in [3.8, 4) is 0 Å². The SMILES string of the molecule is CB1C2C=CC(C3C(=O)N(C)C(=O)C23)N1O[Si](C)(C)C(C)(C)C. The smallest absolute Gasteiger partial charge is 0.260 e. The first-order valence-electron chi connectivity index (χ1n) is 8.44. The molecule has 4 aliphatic rings. The number of hydrogen-bond acceptors (Lipinski definition) is 4. The molecule has 0 aromatic rings. The van der Waals surface area contributed by atoms with Crippen LogP contribution in [0.3, 0.4) is 0 Å². The van der Waals surface area contributed by atoms with Crippen LogP contribution < -0.4 is 0 Å². The summed E-state index contributed by atoms with van der Waals surface area (Å²) in [5.41, 5.74) is 0. The molecule has 23 heavy (non-hydrogen) atoms. The van der Waals surface area contributed by atoms with Crippen molar-refractivity contribution in [1.29, 1.82) is 0 Å². The molecule has 0 aromatic heterocycles. The molecular weight excluding hydrogens is 307 g/mol. The van der Waals surface area contributed by atoms with Crippen molar-refractivity contribution in [2.45, 2.75) is 57.6 Å². The van der Waals surface area contributed by atoms with Crippen molar-refractivity contribution < 1.29 is 14.1 Å². The topological polar surface area (TPSA) is 49.9 Å². The third-order valence-electron chi connectivity index (χ3n) is 6.32. The van der Waals surface area contributed by atoms with E-state index in [9.17, 15) is 9.59 Å². The van der Waals surface area contributed by atoms with Gasteiger partial charge in [-0.05, 0) is 23.9 Å². The van der Waals surface area contributed by atoms with Crippen LogP contribution in [-0.2, 0) is 14.1 Å². The van der Waals surface area contributed by atoms with E-state index in [1.807, 2.05) is 4.97 Å². The number of hydrogen-bond donors (Lipinski definition) is 0. The van der Waals surface area contributed by atoms with Gasteiger partial charge in [-0.15, -0.1) is 0 Å². The van der Waals surface area contributed by atoms with E-state index in [1.165, 1.54) is 4.90 Å². The third-order valence-corrected chi connectivity index (χ3v) is 10.6. The molecule has 5 nitrogen and oxygen atoms in total. The van der Waals surface area contributed by atoms with Crippen LogP contribution in [0.15, 0.2) is 12.2 Å². The Balaban J connectivity index is 1.93. The monoisotopic (exact) mass is 334 g/mol. The minimum Gasteiger partial charge on any atom is -0.353 e. The van der Waals surface area contributed by atoms with Crippen LogP contribution in [0.4, 0.5) is 0 Å². The van der Waals surface area contributed by atoms with Gasteiger partial charge in [0.1, 0.15) is 0 Å². The van der Waals surface area contributed by atoms with Crippen LogP contribution in [0.5, 0.6) is 0 Å². The van der Waals surface area contributed by atoms with Crippen molar-refractivity contribution in [2.24, 2.45) is 11.8 Å². The van der Waals surface area contributed by atoms with Crippen molar-refractivity contribution >= 4 is 27.0 Å². The first-order chi connectivity index (χ1) is 10.5. The molecule has 7 heteroatoms. The van der Waals surface area contributed by atoms with Gasteiger partial charge in [0.15, 0.2) is 0 Å². The molecule has 4 unspecified atom stereocenters. The molecular formula is C16H27BN2O3Si. The summed E-state index contributed by atoms with van der Waals surface area (Å²) in [4.78, 5) is 28.4. The first-order valence-corrected chi connectivity index (χ1v) is 11.4. The van der Waals surface area contributed by atoms with Gasteiger partial charge in [0.25, 0.3) is 6.85 Å². The molecule has 4 rings (SSSR count). The molecule has 2 saturated heterocycles. The van der Waals surface area contributed by atoms with Crippen LogP contribution in [-0.4, -0.2) is 49.9 Å². The number of rotatable bonds is 2. The van der Waals surface area contributed by atoms with E-state index in [2.05, 4.69) is 52.8 Å². The molecule has 126 valence electrons. The van der Waals surface area contributed by atoms with Gasteiger partial charge in [0.05, 0.1) is 17.9 Å². The lowest BCUT2D eigenvalue weighted by Gasteiger charge is -2.52. The second kappa shape index (κ2) is 5.04. The first kappa shape index (κ1) is 16.9. The van der Waals surface area contributed by atoms with Crippen molar-refractivity contribution in [2.75, 3.05) is 7.05 Å². The zero-order valence-electron chi connectivity index (χ0n) is 15.2. The van der Waals surface area contributed by atoms with Gasteiger partial charge < -0.3 is 4.53 Å². The molecule has 2 bridgehead atoms. The maximum atomic E-state index is 12.6. The molecule has 3 heterocycles. The Morgan fingerprint density at radius 1 is 1.13 bits per heavy atom. The van der Waals surface area contributed by atoms with E-state index < -0.39 is 8.32 Å². The molecule has 0 aromatic carbocycles. The van der Waals surface area contributed by atoms with Gasteiger partial charge in [-0.3, -0.25) is 14.5 Å². The molecule has 0 N–H and O–H groups in total. The Kier molecular flexibility index (Phi) is 3.71. The molecule has 3 aliphatic heterocycles. The van der Waals surface area contributed by atoms with Crippen LogP contribution in [0.2, 0.25) is 30.8 Å². The van der Waals surface area contributed by atoms with Crippen LogP contribution in [0.1, 0.15) is 20.8 Å². The Bertz CT molecular complexity index is 586. The minimum absolute atomic E-state index is 0.0295. The third kappa shape index (κ3) is 2.28. The number of hydroxylamine groups is 1. The predicted octanol–water partition coefficient (Wildman–Crippen LogP) is 2.40. The highest BCUT2D eigenvalue weighted by Gasteiger charge is 2.62. The molecule has 1 aliphatic carbocycles. The second-order valence-corrected chi connectivity index (χ2v) is 13.4. The molecule has 2 fully saturated rings. The summed E-state index contributed by atoms with van der Waals surface area (Å²) in [5, 5.41) is 0.0961. The fourth-order valence-electron chi connectivity index (χ4n) is 3.80. The van der Waals surface area contributed by atoms with Crippen molar-refractivity contribution in [1.82, 2.24) is 9.87 Å². The van der Waals surface area contributed by atoms with Gasteiger partial charge in [-0.25, -0.2) is 4.97 Å². The number of nitrogens with zero attached hydrogens (tertiary/aromatic N) is 2. The summed E-state index contributed by atoms with van der Waals surface area (Å²) < 4.78 is 6.56. The summed E-state index contributed by atoms with van der Waals surface area (Å²) in [6.07, 6.45) is 4.19. The predicted molar refractivity (Wildman–Crippen MR) is 93.2 cm³/mol. The van der Waals surface area contributed by atoms with Gasteiger partial charge in [-0.2, -0.15) is 0 Å². The van der Waals surface area contributed by atoms with Crippen LogP contribution in [0, 0.1) is 11.8 Å². The Hall–Kier alpha value is -0.918. The Labute approximate surface area is 140 Å². The average molecular weight is 334 g/mol. The summed E-state index contributed by atoms with van der Waals surface area (Å²) in [5.74, 6) is -0.537. The standard InChI is InChI=1S/C16H27BN2O3Si/c1-16(2,3)23(6,7)22-19-11-9-8-10(17(19)4)12-13(11)15(21)18(5)14(12)20/h8-13H,1-7H3. The minimum atomic E-state index is -1.99. The fourth-order valence-corrected chi connectivity index (χ4v) is 4.89. The molecule has 2 amide bonds. The van der Waals surface area contributed by atoms with E-state index in [0.29, 0.717) is 0 Å². The van der Waals surface area contributed by atoms with E-state index in [1.54, 1.807) is 7.05 Å². The number of allylic oxidation sites excluding steroid dienone is 1. The number of imide groups is 1. The maximum Gasteiger partial charge on any atom is 0.260 e. The molecule has 4 atom stereocenters. The summed E-state index contributed by atoms with van der Waals surface area (Å²) in [6.45, 7) is 13.3. The van der Waals surface area contributed by atoms with E-state index >= 15 is 0 Å². The molecule has 0 saturated carbocycles. The van der Waals surface area contributed by atoms with Crippen molar-refractivity contribution in [3.05, 3.63) is 12.2 Å². The van der Waals surface area contributed by atoms with Gasteiger partial charge in [0, 0.05) is 7.05 Å². The normalized spacial score (nSPS) is 34.6. The second-order valence-electron chi connectivity index (χ2n) is 8.69. The summed E-state index contributed by atoms with van der Waals surface area (Å²) in [6, 6.07) is -0.129. The van der Waals surface area contributed by atoms with Gasteiger partial charge >= 0.3 is 0 Å². The lowest BCUT2D eigenvalue weighted by Crippen LogP contribution is -2.64. The van der Waals surface area contributed by atoms with E-state index in [0.717, 1.165) is 0 Å². The number of carbonyl (C=O) groups excluding carboxylic acids is 2. The van der Waals surface area contributed by atoms with Gasteiger partial charge in [0.2, 0.25) is 20.1 Å². The Morgan fingerprint density at radius 2 is 1.70 bits per heavy atom. The molecule has 0 spiro atoms. The van der Waals surface area contributed by atoms with E-state index in [4.69, 9.17) is 4.53 Å². The van der Waals surface area contributed by atoms with E-state index in [-0.39, 0.29) is 47.4 Å². The van der Waals surface area contributed by atoms with Gasteiger partial charge in [-0.1, -0.05) is 39.7 Å². The fraction of sp³-hybridized carbons (Fsp3) is 0.750. The highest BCUT2D eigenvalue weighted by atomic mass is 28.4. The zero-order chi connectivity index (χ0) is 17.3. The molecule has 0 radical (unpaired) electrons. The largest absolute Gasteiger partial charge is 0.353 e. The number of carbonyl (C=O) groups is 2. The zero-order valence-corrected chi connectivity index (χ0v) is 16.2. The van der Waals surface area contributed by atoms with Crippen molar-refractivity contribution in [3.63, 3.8) is 0 Å². The average Bonchev–Trinajstić information content (AvgIpc) is 2.67.